The number of amides is 1. The zero-order valence-electron chi connectivity index (χ0n) is 9.70. The summed E-state index contributed by atoms with van der Waals surface area (Å²) in [5, 5.41) is 11.0. The summed E-state index contributed by atoms with van der Waals surface area (Å²) in [5.74, 6) is -0.494. The summed E-state index contributed by atoms with van der Waals surface area (Å²) in [6.07, 6.45) is 0.813. The third kappa shape index (κ3) is 4.24. The van der Waals surface area contributed by atoms with Gasteiger partial charge < -0.3 is 22.2 Å². The first-order valence-electron chi connectivity index (χ1n) is 5.54. The fourth-order valence-electron chi connectivity index (χ4n) is 1.49. The Bertz CT molecular complexity index is 403. The van der Waals surface area contributed by atoms with Gasteiger partial charge >= 0.3 is 0 Å². The van der Waals surface area contributed by atoms with Gasteiger partial charge in [0.25, 0.3) is 0 Å². The van der Waals surface area contributed by atoms with Crippen LogP contribution >= 0.6 is 0 Å². The number of carbonyl (C=O) groups is 1. The molecule has 0 fully saturated rings. The fraction of sp³-hybridized carbons (Fsp3) is 0.333. The molecule has 0 aliphatic rings. The largest absolute Gasteiger partial charge is 0.384 e. The molecule has 0 aromatic heterocycles. The Kier molecular flexibility index (Phi) is 5.16. The molecule has 17 heavy (non-hydrogen) atoms. The minimum absolute atomic E-state index is 0.0460. The van der Waals surface area contributed by atoms with Crippen LogP contribution in [0.5, 0.6) is 0 Å². The van der Waals surface area contributed by atoms with E-state index in [0.29, 0.717) is 12.1 Å². The Labute approximate surface area is 101 Å². The SMILES string of the molecule is N=C(CC(N)=O)c1ccccc1NCCCN. The maximum absolute atomic E-state index is 10.8. The van der Waals surface area contributed by atoms with E-state index in [4.69, 9.17) is 16.9 Å². The summed E-state index contributed by atoms with van der Waals surface area (Å²) in [6.45, 7) is 1.37. The van der Waals surface area contributed by atoms with Crippen LogP contribution in [0.3, 0.4) is 0 Å². The number of hydrogen-bond acceptors (Lipinski definition) is 4. The highest BCUT2D eigenvalue weighted by Gasteiger charge is 2.09. The van der Waals surface area contributed by atoms with Gasteiger partial charge in [0.15, 0.2) is 0 Å². The zero-order chi connectivity index (χ0) is 12.7. The summed E-state index contributed by atoms with van der Waals surface area (Å²) in [5.41, 5.74) is 12.3. The summed E-state index contributed by atoms with van der Waals surface area (Å²) >= 11 is 0. The summed E-state index contributed by atoms with van der Waals surface area (Å²) in [6, 6.07) is 7.39. The lowest BCUT2D eigenvalue weighted by Gasteiger charge is -2.11. The molecule has 0 aliphatic carbocycles. The third-order valence-corrected chi connectivity index (χ3v) is 2.30. The molecule has 1 amide bonds. The van der Waals surface area contributed by atoms with E-state index in [1.165, 1.54) is 0 Å². The number of nitrogens with one attached hydrogen (secondary N) is 2. The summed E-state index contributed by atoms with van der Waals surface area (Å²) in [7, 11) is 0. The van der Waals surface area contributed by atoms with E-state index in [1.54, 1.807) is 6.07 Å². The lowest BCUT2D eigenvalue weighted by atomic mass is 10.0. The number of primary amides is 1. The van der Waals surface area contributed by atoms with Crippen molar-refractivity contribution >= 4 is 17.3 Å². The highest BCUT2D eigenvalue weighted by atomic mass is 16.1. The monoisotopic (exact) mass is 234 g/mol. The van der Waals surface area contributed by atoms with Gasteiger partial charge in [-0.2, -0.15) is 0 Å². The average molecular weight is 234 g/mol. The van der Waals surface area contributed by atoms with Crippen molar-refractivity contribution in [2.45, 2.75) is 12.8 Å². The number of para-hydroxylation sites is 1. The van der Waals surface area contributed by atoms with Gasteiger partial charge in [-0.3, -0.25) is 4.79 Å². The minimum atomic E-state index is -0.494. The molecule has 1 aromatic rings. The quantitative estimate of drug-likeness (QED) is 0.412. The van der Waals surface area contributed by atoms with Gasteiger partial charge in [0.1, 0.15) is 0 Å². The number of nitrogens with two attached hydrogens (primary N) is 2. The summed E-state index contributed by atoms with van der Waals surface area (Å²) < 4.78 is 0. The van der Waals surface area contributed by atoms with E-state index in [9.17, 15) is 4.79 Å². The molecular formula is C12H18N4O. The number of carbonyl (C=O) groups excluding carboxylic acids is 1. The van der Waals surface area contributed by atoms with Crippen molar-refractivity contribution in [2.24, 2.45) is 11.5 Å². The van der Waals surface area contributed by atoms with Crippen molar-refractivity contribution in [3.8, 4) is 0 Å². The normalized spacial score (nSPS) is 9.94. The molecule has 1 aromatic carbocycles. The van der Waals surface area contributed by atoms with Crippen molar-refractivity contribution in [3.63, 3.8) is 0 Å². The van der Waals surface area contributed by atoms with Crippen molar-refractivity contribution in [1.82, 2.24) is 0 Å². The van der Waals surface area contributed by atoms with Crippen LogP contribution in [0.1, 0.15) is 18.4 Å². The maximum Gasteiger partial charge on any atom is 0.223 e. The Hall–Kier alpha value is -1.88. The number of rotatable bonds is 7. The van der Waals surface area contributed by atoms with Gasteiger partial charge in [-0.15, -0.1) is 0 Å². The second kappa shape index (κ2) is 6.65. The predicted molar refractivity (Wildman–Crippen MR) is 69.2 cm³/mol. The first-order chi connectivity index (χ1) is 8.15. The van der Waals surface area contributed by atoms with Crippen LogP contribution in [0.25, 0.3) is 0 Å². The van der Waals surface area contributed by atoms with Gasteiger partial charge in [0, 0.05) is 23.5 Å². The Balaban J connectivity index is 2.76. The molecule has 0 saturated heterocycles. The average Bonchev–Trinajstić information content (AvgIpc) is 2.29. The van der Waals surface area contributed by atoms with Crippen LogP contribution in [0.15, 0.2) is 24.3 Å². The van der Waals surface area contributed by atoms with Crippen LogP contribution in [0, 0.1) is 5.41 Å². The van der Waals surface area contributed by atoms with Gasteiger partial charge in [-0.1, -0.05) is 18.2 Å². The van der Waals surface area contributed by atoms with Gasteiger partial charge in [-0.25, -0.2) is 0 Å². The zero-order valence-corrected chi connectivity index (χ0v) is 9.70. The third-order valence-electron chi connectivity index (χ3n) is 2.30. The molecule has 0 atom stereocenters. The smallest absolute Gasteiger partial charge is 0.223 e. The summed E-state index contributed by atoms with van der Waals surface area (Å²) in [4.78, 5) is 10.8. The first kappa shape index (κ1) is 13.2. The molecule has 0 aliphatic heterocycles. The minimum Gasteiger partial charge on any atom is -0.384 e. The van der Waals surface area contributed by atoms with Crippen LogP contribution in [-0.2, 0) is 4.79 Å². The first-order valence-corrected chi connectivity index (χ1v) is 5.54. The molecular weight excluding hydrogens is 216 g/mol. The molecule has 0 unspecified atom stereocenters. The van der Waals surface area contributed by atoms with Crippen molar-refractivity contribution < 1.29 is 4.79 Å². The molecule has 92 valence electrons. The number of hydrogen-bond donors (Lipinski definition) is 4. The number of benzene rings is 1. The van der Waals surface area contributed by atoms with Crippen molar-refractivity contribution in [1.29, 1.82) is 5.41 Å². The Morgan fingerprint density at radius 1 is 1.35 bits per heavy atom. The maximum atomic E-state index is 10.8. The Morgan fingerprint density at radius 2 is 2.06 bits per heavy atom. The van der Waals surface area contributed by atoms with Gasteiger partial charge in [0.05, 0.1) is 6.42 Å². The highest BCUT2D eigenvalue weighted by Crippen LogP contribution is 2.16. The van der Waals surface area contributed by atoms with E-state index >= 15 is 0 Å². The second-order valence-electron chi connectivity index (χ2n) is 3.74. The lowest BCUT2D eigenvalue weighted by molar-refractivity contribution is -0.116. The predicted octanol–water partition coefficient (Wildman–Crippen LogP) is 0.691. The highest BCUT2D eigenvalue weighted by molar-refractivity contribution is 6.11. The van der Waals surface area contributed by atoms with Gasteiger partial charge in [-0.05, 0) is 19.0 Å². The standard InChI is InChI=1S/C12H18N4O/c13-6-3-7-16-11-5-2-1-4-9(11)10(14)8-12(15)17/h1-2,4-5,14,16H,3,6-8,13H2,(H2,15,17). The Morgan fingerprint density at radius 3 is 2.71 bits per heavy atom. The van der Waals surface area contributed by atoms with E-state index in [1.807, 2.05) is 18.2 Å². The molecule has 0 bridgehead atoms. The van der Waals surface area contributed by atoms with E-state index in [-0.39, 0.29) is 12.1 Å². The molecule has 0 spiro atoms. The van der Waals surface area contributed by atoms with Crippen LogP contribution in [0.2, 0.25) is 0 Å². The topological polar surface area (TPSA) is 105 Å². The molecule has 6 N–H and O–H groups in total. The van der Waals surface area contributed by atoms with Crippen LogP contribution < -0.4 is 16.8 Å². The van der Waals surface area contributed by atoms with Crippen molar-refractivity contribution in [2.75, 3.05) is 18.4 Å². The molecule has 5 nitrogen and oxygen atoms in total. The molecule has 0 saturated carbocycles. The van der Waals surface area contributed by atoms with E-state index < -0.39 is 5.91 Å². The van der Waals surface area contributed by atoms with Crippen LogP contribution in [-0.4, -0.2) is 24.7 Å². The fourth-order valence-corrected chi connectivity index (χ4v) is 1.49. The second-order valence-corrected chi connectivity index (χ2v) is 3.74. The van der Waals surface area contributed by atoms with E-state index in [2.05, 4.69) is 5.32 Å². The lowest BCUT2D eigenvalue weighted by Crippen LogP contribution is -2.18. The molecule has 5 heteroatoms. The number of anilines is 1. The molecule has 0 radical (unpaired) electrons. The molecule has 0 heterocycles. The van der Waals surface area contributed by atoms with Gasteiger partial charge in [0.2, 0.25) is 5.91 Å². The van der Waals surface area contributed by atoms with Crippen LogP contribution in [0.4, 0.5) is 5.69 Å². The van der Waals surface area contributed by atoms with E-state index in [0.717, 1.165) is 18.7 Å². The molecule has 1 rings (SSSR count). The van der Waals surface area contributed by atoms with Crippen molar-refractivity contribution in [3.05, 3.63) is 29.8 Å².